The molecule has 8 atom stereocenters. The van der Waals surface area contributed by atoms with Gasteiger partial charge in [0.2, 0.25) is 0 Å². The number of esters is 2. The van der Waals surface area contributed by atoms with Crippen molar-refractivity contribution in [3.63, 3.8) is 0 Å². The normalized spacial score (nSPS) is 53.0. The predicted molar refractivity (Wildman–Crippen MR) is 110 cm³/mol. The third-order valence-electron chi connectivity index (χ3n) is 9.61. The molecule has 8 nitrogen and oxygen atoms in total. The molecule has 176 valence electrons. The van der Waals surface area contributed by atoms with Gasteiger partial charge in [0.25, 0.3) is 0 Å². The van der Waals surface area contributed by atoms with E-state index in [9.17, 15) is 14.7 Å². The highest BCUT2D eigenvalue weighted by Gasteiger charge is 2.92. The number of hydrogen-bond acceptors (Lipinski definition) is 8. The van der Waals surface area contributed by atoms with Crippen molar-refractivity contribution in [2.75, 3.05) is 0 Å². The lowest BCUT2D eigenvalue weighted by molar-refractivity contribution is -0.240. The van der Waals surface area contributed by atoms with Gasteiger partial charge >= 0.3 is 11.9 Å². The molecule has 1 spiro atoms. The van der Waals surface area contributed by atoms with Crippen LogP contribution in [0.5, 0.6) is 0 Å². The molecular weight excluding hydrogens is 428 g/mol. The molecule has 2 saturated carbocycles. The minimum atomic E-state index is -1.38. The van der Waals surface area contributed by atoms with Crippen molar-refractivity contribution in [3.8, 4) is 0 Å². The molecular formula is C25H28O8. The maximum atomic E-state index is 13.3. The lowest BCUT2D eigenvalue weighted by Crippen LogP contribution is -2.54. The van der Waals surface area contributed by atoms with E-state index in [2.05, 4.69) is 0 Å². The van der Waals surface area contributed by atoms with Crippen molar-refractivity contribution >= 4 is 11.9 Å². The van der Waals surface area contributed by atoms with Crippen molar-refractivity contribution in [2.24, 2.45) is 16.7 Å². The van der Waals surface area contributed by atoms with Crippen LogP contribution in [0.1, 0.15) is 64.5 Å². The number of carbonyl (C=O) groups excluding carboxylic acids is 2. The van der Waals surface area contributed by atoms with Gasteiger partial charge in [0.1, 0.15) is 22.7 Å². The van der Waals surface area contributed by atoms with Crippen LogP contribution in [-0.4, -0.2) is 45.7 Å². The van der Waals surface area contributed by atoms with Crippen LogP contribution < -0.4 is 0 Å². The van der Waals surface area contributed by atoms with E-state index < -0.39 is 45.6 Å². The molecule has 0 unspecified atom stereocenters. The monoisotopic (exact) mass is 456 g/mol. The topological polar surface area (TPSA) is 104 Å². The van der Waals surface area contributed by atoms with Crippen molar-refractivity contribution in [1.82, 2.24) is 0 Å². The quantitative estimate of drug-likeness (QED) is 0.678. The molecule has 0 aromatic carbocycles. The summed E-state index contributed by atoms with van der Waals surface area (Å²) in [5.74, 6) is -1.95. The zero-order valence-corrected chi connectivity index (χ0v) is 19.0. The van der Waals surface area contributed by atoms with Crippen molar-refractivity contribution in [1.29, 1.82) is 0 Å². The fraction of sp³-hybridized carbons (Fsp3) is 0.680. The second-order valence-electron chi connectivity index (χ2n) is 11.6. The summed E-state index contributed by atoms with van der Waals surface area (Å²) in [6, 6.07) is 1.83. The van der Waals surface area contributed by atoms with Gasteiger partial charge in [-0.1, -0.05) is 0 Å². The highest BCUT2D eigenvalue weighted by molar-refractivity contribution is 5.88. The molecule has 2 aliphatic carbocycles. The van der Waals surface area contributed by atoms with Crippen LogP contribution in [-0.2, 0) is 28.5 Å². The summed E-state index contributed by atoms with van der Waals surface area (Å²) < 4.78 is 29.8. The Morgan fingerprint density at radius 2 is 1.97 bits per heavy atom. The molecule has 3 saturated heterocycles. The number of carbonyl (C=O) groups is 2. The molecule has 0 amide bonds. The fourth-order valence-corrected chi connectivity index (χ4v) is 8.31. The Kier molecular flexibility index (Phi) is 3.41. The molecule has 5 heterocycles. The maximum absolute atomic E-state index is 13.3. The number of furan rings is 1. The molecule has 1 aromatic heterocycles. The summed E-state index contributed by atoms with van der Waals surface area (Å²) in [6.45, 7) is 5.81. The summed E-state index contributed by atoms with van der Waals surface area (Å²) >= 11 is 0. The average molecular weight is 456 g/mol. The SMILES string of the molecule is CC1(C)O[C@]2(C[C@@H]1[C@]1(C)C=CC(=O)O1)C[C@@]1(O)[C@H](CC[C@]34C[C@@]31C(=O)O[C@H]4c1ccoc1)O2. The fourth-order valence-electron chi connectivity index (χ4n) is 8.31. The molecule has 4 aliphatic heterocycles. The first-order valence-corrected chi connectivity index (χ1v) is 11.8. The van der Waals surface area contributed by atoms with Gasteiger partial charge in [0, 0.05) is 35.8 Å². The third-order valence-corrected chi connectivity index (χ3v) is 9.61. The lowest BCUT2D eigenvalue weighted by atomic mass is 9.65. The number of fused-ring (bicyclic) bond motifs is 1. The zero-order chi connectivity index (χ0) is 23.1. The summed E-state index contributed by atoms with van der Waals surface area (Å²) in [6.07, 6.45) is 8.06. The zero-order valence-electron chi connectivity index (χ0n) is 19.0. The van der Waals surface area contributed by atoms with E-state index >= 15 is 0 Å². The van der Waals surface area contributed by atoms with Gasteiger partial charge in [0.15, 0.2) is 5.79 Å². The van der Waals surface area contributed by atoms with Gasteiger partial charge in [-0.3, -0.25) is 4.79 Å². The van der Waals surface area contributed by atoms with Crippen LogP contribution in [0.25, 0.3) is 0 Å². The second-order valence-corrected chi connectivity index (χ2v) is 11.6. The van der Waals surface area contributed by atoms with Gasteiger partial charge in [-0.05, 0) is 52.2 Å². The van der Waals surface area contributed by atoms with Crippen LogP contribution in [0.4, 0.5) is 0 Å². The average Bonchev–Trinajstić information content (AvgIpc) is 3.20. The second kappa shape index (κ2) is 5.56. The Balaban J connectivity index is 1.24. The first kappa shape index (κ1) is 20.2. The Hall–Kier alpha value is -2.16. The maximum Gasteiger partial charge on any atom is 0.331 e. The predicted octanol–water partition coefficient (Wildman–Crippen LogP) is 2.95. The Labute approximate surface area is 191 Å². The molecule has 5 fully saturated rings. The third kappa shape index (κ3) is 2.14. The Bertz CT molecular complexity index is 1110. The molecule has 0 radical (unpaired) electrons. The largest absolute Gasteiger partial charge is 0.472 e. The summed E-state index contributed by atoms with van der Waals surface area (Å²) in [4.78, 5) is 25.2. The molecule has 33 heavy (non-hydrogen) atoms. The van der Waals surface area contributed by atoms with Crippen LogP contribution in [0.2, 0.25) is 0 Å². The number of ether oxygens (including phenoxy) is 4. The van der Waals surface area contributed by atoms with E-state index in [0.717, 1.165) is 12.0 Å². The molecule has 7 rings (SSSR count). The van der Waals surface area contributed by atoms with Gasteiger partial charge in [-0.2, -0.15) is 0 Å². The highest BCUT2D eigenvalue weighted by Crippen LogP contribution is 2.85. The molecule has 0 bridgehead atoms. The van der Waals surface area contributed by atoms with Gasteiger partial charge in [0.05, 0.1) is 24.2 Å². The van der Waals surface area contributed by atoms with E-state index in [1.807, 2.05) is 26.8 Å². The summed E-state index contributed by atoms with van der Waals surface area (Å²) in [5.41, 5.74) is -3.47. The van der Waals surface area contributed by atoms with E-state index in [1.54, 1.807) is 18.6 Å². The highest BCUT2D eigenvalue weighted by atomic mass is 16.7. The van der Waals surface area contributed by atoms with E-state index in [-0.39, 0.29) is 24.3 Å². The van der Waals surface area contributed by atoms with E-state index in [0.29, 0.717) is 19.3 Å². The summed E-state index contributed by atoms with van der Waals surface area (Å²) in [5, 5.41) is 12.2. The van der Waals surface area contributed by atoms with Gasteiger partial charge in [-0.15, -0.1) is 0 Å². The van der Waals surface area contributed by atoms with Crippen molar-refractivity contribution in [2.45, 2.75) is 87.7 Å². The number of rotatable bonds is 2. The number of hydrogen-bond donors (Lipinski definition) is 1. The standard InChI is InChI=1S/C25H28O8/c1-20(2)15(21(3)7-5-17(26)32-21)10-23(33-20)13-25(28)16(31-23)4-8-22-12-24(22,25)19(27)30-18(22)14-6-9-29-11-14/h5-7,9,11,15-16,18,28H,4,8,10,12-13H2,1-3H3/t15-,16-,18-,21-,22+,23+,24+,25+/m0/s1. The number of cyclic esters (lactones) is 2. The molecule has 8 heteroatoms. The van der Waals surface area contributed by atoms with Gasteiger partial charge in [-0.25, -0.2) is 4.79 Å². The minimum Gasteiger partial charge on any atom is -0.472 e. The molecule has 6 aliphatic rings. The van der Waals surface area contributed by atoms with Crippen LogP contribution in [0.3, 0.4) is 0 Å². The first-order chi connectivity index (χ1) is 15.5. The summed E-state index contributed by atoms with van der Waals surface area (Å²) in [7, 11) is 0. The van der Waals surface area contributed by atoms with Gasteiger partial charge < -0.3 is 28.5 Å². The first-order valence-electron chi connectivity index (χ1n) is 11.8. The van der Waals surface area contributed by atoms with Crippen molar-refractivity contribution < 1.29 is 38.1 Å². The minimum absolute atomic E-state index is 0.174. The molecule has 1 aromatic rings. The van der Waals surface area contributed by atoms with Crippen LogP contribution >= 0.6 is 0 Å². The smallest absolute Gasteiger partial charge is 0.331 e. The Morgan fingerprint density at radius 1 is 1.15 bits per heavy atom. The Morgan fingerprint density at radius 3 is 2.67 bits per heavy atom. The van der Waals surface area contributed by atoms with Crippen molar-refractivity contribution in [3.05, 3.63) is 36.3 Å². The number of aliphatic hydroxyl groups is 1. The molecule has 1 N–H and O–H groups in total. The lowest BCUT2D eigenvalue weighted by Gasteiger charge is -2.39. The van der Waals surface area contributed by atoms with Crippen LogP contribution in [0.15, 0.2) is 35.2 Å². The van der Waals surface area contributed by atoms with Crippen LogP contribution in [0, 0.1) is 16.7 Å². The van der Waals surface area contributed by atoms with E-state index in [1.165, 1.54) is 6.08 Å². The van der Waals surface area contributed by atoms with E-state index in [4.69, 9.17) is 23.4 Å².